The van der Waals surface area contributed by atoms with Crippen LogP contribution in [0.1, 0.15) is 71.6 Å². The van der Waals surface area contributed by atoms with Crippen molar-refractivity contribution in [3.05, 3.63) is 88.8 Å². The molecule has 2 aromatic heterocycles. The van der Waals surface area contributed by atoms with Crippen molar-refractivity contribution in [2.45, 2.75) is 52.5 Å². The number of hydrogen-bond donors (Lipinski definition) is 1. The van der Waals surface area contributed by atoms with Gasteiger partial charge in [-0.05, 0) is 73.4 Å². The van der Waals surface area contributed by atoms with Crippen molar-refractivity contribution in [3.63, 3.8) is 0 Å². The Morgan fingerprint density at radius 2 is 1.72 bits per heavy atom. The van der Waals surface area contributed by atoms with Gasteiger partial charge in [0, 0.05) is 40.6 Å². The lowest BCUT2D eigenvalue weighted by atomic mass is 9.86. The van der Waals surface area contributed by atoms with Gasteiger partial charge in [0.15, 0.2) is 0 Å². The highest BCUT2D eigenvalue weighted by Gasteiger charge is 2.31. The average molecular weight is 522 g/mol. The van der Waals surface area contributed by atoms with E-state index in [1.54, 1.807) is 0 Å². The number of ether oxygens (including phenoxy) is 1. The quantitative estimate of drug-likeness (QED) is 0.254. The molecule has 5 aromatic rings. The first-order valence-corrected chi connectivity index (χ1v) is 13.8. The summed E-state index contributed by atoms with van der Waals surface area (Å²) in [5, 5.41) is 6.13. The molecule has 200 valence electrons. The molecule has 2 N–H and O–H groups in total. The van der Waals surface area contributed by atoms with Gasteiger partial charge in [0.1, 0.15) is 5.76 Å². The van der Waals surface area contributed by atoms with Crippen LogP contribution >= 0.6 is 0 Å². The summed E-state index contributed by atoms with van der Waals surface area (Å²) in [4.78, 5) is 13.0. The summed E-state index contributed by atoms with van der Waals surface area (Å²) in [5.41, 5.74) is 13.8. The third-order valence-electron chi connectivity index (χ3n) is 8.31. The predicted octanol–water partition coefficient (Wildman–Crippen LogP) is 7.30. The number of carbonyl (C=O) groups excluding carboxylic acids is 1. The fourth-order valence-electron chi connectivity index (χ4n) is 6.40. The van der Waals surface area contributed by atoms with Crippen LogP contribution in [0.3, 0.4) is 0 Å². The zero-order valence-corrected chi connectivity index (χ0v) is 23.0. The Hall–Kier alpha value is -3.90. The van der Waals surface area contributed by atoms with Crippen molar-refractivity contribution >= 4 is 27.7 Å². The second-order valence-corrected chi connectivity index (χ2v) is 11.1. The molecular formula is C33H35N3O3. The lowest BCUT2D eigenvalue weighted by Crippen LogP contribution is -2.27. The summed E-state index contributed by atoms with van der Waals surface area (Å²) in [7, 11) is 0. The molecule has 3 aromatic carbocycles. The first-order valence-electron chi connectivity index (χ1n) is 13.8. The highest BCUT2D eigenvalue weighted by atomic mass is 16.5. The number of nitrogens with zero attached hydrogens (tertiary/aromatic N) is 2. The Kier molecular flexibility index (Phi) is 6.51. The molecule has 0 spiro atoms. The number of benzene rings is 3. The molecule has 0 saturated carbocycles. The SMILES string of the molecule is Cc1noc(C)c1-c1cc(C(N)=O)c2c3ccc(C(C)C)cc3n([C@H](c3ccccc3)C3CCOCC3)c2c1. The molecule has 0 unspecified atom stereocenters. The van der Waals surface area contributed by atoms with Gasteiger partial charge in [-0.25, -0.2) is 0 Å². The zero-order chi connectivity index (χ0) is 27.3. The molecule has 1 aliphatic rings. The smallest absolute Gasteiger partial charge is 0.249 e. The molecule has 0 bridgehead atoms. The van der Waals surface area contributed by atoms with E-state index in [1.165, 1.54) is 11.1 Å². The minimum atomic E-state index is -0.442. The normalized spacial score (nSPS) is 15.4. The van der Waals surface area contributed by atoms with Crippen LogP contribution in [-0.4, -0.2) is 28.8 Å². The van der Waals surface area contributed by atoms with Crippen LogP contribution in [0.2, 0.25) is 0 Å². The predicted molar refractivity (Wildman–Crippen MR) is 155 cm³/mol. The highest BCUT2D eigenvalue weighted by molar-refractivity contribution is 6.19. The Bertz CT molecular complexity index is 1650. The topological polar surface area (TPSA) is 83.3 Å². The van der Waals surface area contributed by atoms with E-state index in [0.717, 1.165) is 70.4 Å². The van der Waals surface area contributed by atoms with Gasteiger partial charge in [-0.3, -0.25) is 4.79 Å². The number of carbonyl (C=O) groups is 1. The van der Waals surface area contributed by atoms with Crippen LogP contribution < -0.4 is 5.73 Å². The molecule has 1 fully saturated rings. The molecule has 3 heterocycles. The van der Waals surface area contributed by atoms with Crippen molar-refractivity contribution in [3.8, 4) is 11.1 Å². The number of primary amides is 1. The van der Waals surface area contributed by atoms with Gasteiger partial charge in [-0.1, -0.05) is 61.5 Å². The standard InChI is InChI=1S/C33H35N3O3/c1-19(2)24-10-11-26-28(17-24)36(32(22-8-6-5-7-9-22)23-12-14-38-15-13-23)29-18-25(16-27(31(26)29)33(34)37)30-20(3)35-39-21(30)4/h5-11,16-19,23,32H,12-15H2,1-4H3,(H2,34,37)/t32-/m1/s1. The van der Waals surface area contributed by atoms with Gasteiger partial charge in [0.25, 0.3) is 0 Å². The van der Waals surface area contributed by atoms with Gasteiger partial charge in [0.2, 0.25) is 5.91 Å². The Morgan fingerprint density at radius 3 is 2.36 bits per heavy atom. The number of nitrogens with two attached hydrogens (primary N) is 1. The first-order chi connectivity index (χ1) is 18.8. The maximum Gasteiger partial charge on any atom is 0.249 e. The van der Waals surface area contributed by atoms with Crippen molar-refractivity contribution in [2.75, 3.05) is 13.2 Å². The van der Waals surface area contributed by atoms with Crippen molar-refractivity contribution in [1.29, 1.82) is 0 Å². The Morgan fingerprint density at radius 1 is 0.974 bits per heavy atom. The van der Waals surface area contributed by atoms with Crippen LogP contribution in [0.25, 0.3) is 32.9 Å². The van der Waals surface area contributed by atoms with E-state index in [2.05, 4.69) is 78.2 Å². The van der Waals surface area contributed by atoms with E-state index in [-0.39, 0.29) is 6.04 Å². The van der Waals surface area contributed by atoms with Gasteiger partial charge < -0.3 is 19.6 Å². The minimum Gasteiger partial charge on any atom is -0.381 e. The zero-order valence-electron chi connectivity index (χ0n) is 23.0. The Balaban J connectivity index is 1.76. The van der Waals surface area contributed by atoms with E-state index >= 15 is 0 Å². The lowest BCUT2D eigenvalue weighted by molar-refractivity contribution is 0.0553. The molecule has 1 atom stereocenters. The van der Waals surface area contributed by atoms with E-state index in [1.807, 2.05) is 19.9 Å². The molecule has 1 saturated heterocycles. The Labute approximate surface area is 228 Å². The van der Waals surface area contributed by atoms with Crippen LogP contribution in [0.5, 0.6) is 0 Å². The summed E-state index contributed by atoms with van der Waals surface area (Å²) < 4.78 is 13.8. The molecule has 6 nitrogen and oxygen atoms in total. The van der Waals surface area contributed by atoms with Crippen molar-refractivity contribution in [1.82, 2.24) is 9.72 Å². The summed E-state index contributed by atoms with van der Waals surface area (Å²) in [5.74, 6) is 1.02. The van der Waals surface area contributed by atoms with E-state index in [9.17, 15) is 4.79 Å². The van der Waals surface area contributed by atoms with Gasteiger partial charge in [-0.2, -0.15) is 0 Å². The van der Waals surface area contributed by atoms with Crippen LogP contribution in [0.4, 0.5) is 0 Å². The molecule has 39 heavy (non-hydrogen) atoms. The fraction of sp³-hybridized carbons (Fsp3) is 0.333. The van der Waals surface area contributed by atoms with Crippen molar-refractivity contribution < 1.29 is 14.1 Å². The summed E-state index contributed by atoms with van der Waals surface area (Å²) in [6.07, 6.45) is 1.94. The molecule has 1 aliphatic heterocycles. The minimum absolute atomic E-state index is 0.0677. The van der Waals surface area contributed by atoms with E-state index in [4.69, 9.17) is 15.0 Å². The third kappa shape index (κ3) is 4.33. The largest absolute Gasteiger partial charge is 0.381 e. The first kappa shape index (κ1) is 25.4. The summed E-state index contributed by atoms with van der Waals surface area (Å²) >= 11 is 0. The molecule has 0 aliphatic carbocycles. The average Bonchev–Trinajstić information content (AvgIpc) is 3.45. The summed E-state index contributed by atoms with van der Waals surface area (Å²) in [6.45, 7) is 9.76. The maximum absolute atomic E-state index is 13.0. The van der Waals surface area contributed by atoms with Gasteiger partial charge in [0.05, 0.1) is 17.3 Å². The molecule has 0 radical (unpaired) electrons. The highest BCUT2D eigenvalue weighted by Crippen LogP contribution is 2.44. The van der Waals surface area contributed by atoms with Crippen LogP contribution in [0, 0.1) is 19.8 Å². The van der Waals surface area contributed by atoms with Crippen LogP contribution in [-0.2, 0) is 4.74 Å². The third-order valence-corrected chi connectivity index (χ3v) is 8.31. The number of rotatable bonds is 6. The molecular weight excluding hydrogens is 486 g/mol. The number of aryl methyl sites for hydroxylation is 2. The fourth-order valence-corrected chi connectivity index (χ4v) is 6.40. The second-order valence-electron chi connectivity index (χ2n) is 11.1. The van der Waals surface area contributed by atoms with Crippen LogP contribution in [0.15, 0.2) is 65.2 Å². The number of aromatic nitrogens is 2. The molecule has 6 heteroatoms. The van der Waals surface area contributed by atoms with E-state index in [0.29, 0.717) is 17.4 Å². The second kappa shape index (κ2) is 10.0. The van der Waals surface area contributed by atoms with Gasteiger partial charge >= 0.3 is 0 Å². The number of amides is 1. The summed E-state index contributed by atoms with van der Waals surface area (Å²) in [6, 6.07) is 21.5. The van der Waals surface area contributed by atoms with E-state index < -0.39 is 5.91 Å². The van der Waals surface area contributed by atoms with Gasteiger partial charge in [-0.15, -0.1) is 0 Å². The number of fused-ring (bicyclic) bond motifs is 3. The maximum atomic E-state index is 13.0. The molecule has 1 amide bonds. The van der Waals surface area contributed by atoms with Crippen molar-refractivity contribution in [2.24, 2.45) is 11.7 Å². The monoisotopic (exact) mass is 521 g/mol. The lowest BCUT2D eigenvalue weighted by Gasteiger charge is -2.33. The molecule has 6 rings (SSSR count). The number of hydrogen-bond acceptors (Lipinski definition) is 4.